The van der Waals surface area contributed by atoms with Crippen LogP contribution in [0.25, 0.3) is 0 Å². The van der Waals surface area contributed by atoms with Crippen molar-refractivity contribution in [3.05, 3.63) is 101 Å². The van der Waals surface area contributed by atoms with Gasteiger partial charge in [-0.2, -0.15) is 0 Å². The van der Waals surface area contributed by atoms with Crippen molar-refractivity contribution >= 4 is 23.4 Å². The molecule has 41 heavy (non-hydrogen) atoms. The van der Waals surface area contributed by atoms with Crippen molar-refractivity contribution in [2.45, 2.75) is 32.4 Å². The van der Waals surface area contributed by atoms with Gasteiger partial charge in [-0.3, -0.25) is 24.2 Å². The third kappa shape index (κ3) is 7.20. The van der Waals surface area contributed by atoms with Gasteiger partial charge in [-0.1, -0.05) is 66.7 Å². The number of hydrogen-bond acceptors (Lipinski definition) is 5. The summed E-state index contributed by atoms with van der Waals surface area (Å²) in [5.74, 6) is -0.671. The van der Waals surface area contributed by atoms with Gasteiger partial charge in [0.15, 0.2) is 0 Å². The maximum absolute atomic E-state index is 13.5. The summed E-state index contributed by atoms with van der Waals surface area (Å²) < 4.78 is 0. The van der Waals surface area contributed by atoms with Crippen LogP contribution in [0.5, 0.6) is 0 Å². The van der Waals surface area contributed by atoms with Crippen molar-refractivity contribution < 1.29 is 14.4 Å². The Bertz CT molecular complexity index is 1300. The number of carbonyl (C=O) groups excluding carboxylic acids is 3. The Morgan fingerprint density at radius 3 is 2.02 bits per heavy atom. The molecule has 2 aliphatic rings. The number of nitrogens with one attached hydrogen (secondary N) is 2. The van der Waals surface area contributed by atoms with Crippen molar-refractivity contribution in [1.29, 1.82) is 0 Å². The molecule has 2 saturated heterocycles. The van der Waals surface area contributed by atoms with Gasteiger partial charge in [0.1, 0.15) is 6.04 Å². The third-order valence-electron chi connectivity index (χ3n) is 7.90. The molecular formula is C33H39N5O3. The van der Waals surface area contributed by atoms with E-state index in [4.69, 9.17) is 0 Å². The molecule has 214 valence electrons. The number of nitrogens with zero attached hydrogens (tertiary/aromatic N) is 3. The summed E-state index contributed by atoms with van der Waals surface area (Å²) in [6, 6.07) is 26.2. The van der Waals surface area contributed by atoms with Gasteiger partial charge in [0.05, 0.1) is 19.0 Å². The summed E-state index contributed by atoms with van der Waals surface area (Å²) in [6.07, 6.45) is -0.0752. The van der Waals surface area contributed by atoms with E-state index in [1.54, 1.807) is 4.90 Å². The highest BCUT2D eigenvalue weighted by Crippen LogP contribution is 2.29. The third-order valence-corrected chi connectivity index (χ3v) is 7.90. The second kappa shape index (κ2) is 13.1. The smallest absolute Gasteiger partial charge is 0.243 e. The maximum Gasteiger partial charge on any atom is 0.243 e. The standard InChI is InChI=1S/C33H39N5O3/c1-24-19-25(2)21-28(20-24)35-30(39)22-29-33(41)34-13-14-38(29)31(40)23-36-15-17-37(18-16-36)32(26-9-5-3-6-10-26)27-11-7-4-8-12-27/h3-12,19-21,29,32H,13-18,22-23H2,1-2H3,(H,34,41)(H,35,39). The number of amides is 3. The van der Waals surface area contributed by atoms with Crippen LogP contribution in [0.4, 0.5) is 5.69 Å². The molecule has 0 spiro atoms. The van der Waals surface area contributed by atoms with E-state index in [1.165, 1.54) is 11.1 Å². The first-order valence-corrected chi connectivity index (χ1v) is 14.4. The Kier molecular flexibility index (Phi) is 9.11. The van der Waals surface area contributed by atoms with Gasteiger partial charge < -0.3 is 15.5 Å². The average molecular weight is 554 g/mol. The summed E-state index contributed by atoms with van der Waals surface area (Å²) in [6.45, 7) is 8.12. The topological polar surface area (TPSA) is 85.0 Å². The second-order valence-electron chi connectivity index (χ2n) is 11.1. The number of rotatable bonds is 8. The van der Waals surface area contributed by atoms with Crippen molar-refractivity contribution in [3.63, 3.8) is 0 Å². The van der Waals surface area contributed by atoms with E-state index in [-0.39, 0.29) is 36.7 Å². The SMILES string of the molecule is Cc1cc(C)cc(NC(=O)CC2C(=O)NCCN2C(=O)CN2CCN(C(c3ccccc3)c3ccccc3)CC2)c1. The van der Waals surface area contributed by atoms with Crippen LogP contribution in [-0.2, 0) is 14.4 Å². The van der Waals surface area contributed by atoms with Crippen LogP contribution in [0.15, 0.2) is 78.9 Å². The van der Waals surface area contributed by atoms with Crippen molar-refractivity contribution in [2.24, 2.45) is 0 Å². The lowest BCUT2D eigenvalue weighted by Crippen LogP contribution is -2.60. The zero-order chi connectivity index (χ0) is 28.8. The summed E-state index contributed by atoms with van der Waals surface area (Å²) in [5, 5.41) is 5.73. The molecule has 0 aromatic heterocycles. The molecule has 2 N–H and O–H groups in total. The highest BCUT2D eigenvalue weighted by molar-refractivity contribution is 5.97. The highest BCUT2D eigenvalue weighted by atomic mass is 16.2. The van der Waals surface area contributed by atoms with Crippen molar-refractivity contribution in [2.75, 3.05) is 51.1 Å². The average Bonchev–Trinajstić information content (AvgIpc) is 2.96. The van der Waals surface area contributed by atoms with Gasteiger partial charge >= 0.3 is 0 Å². The number of anilines is 1. The molecule has 3 aromatic carbocycles. The zero-order valence-corrected chi connectivity index (χ0v) is 23.9. The molecule has 8 heteroatoms. The number of piperazine rings is 2. The lowest BCUT2D eigenvalue weighted by molar-refractivity contribution is -0.145. The Hall–Kier alpha value is -4.01. The molecule has 2 aliphatic heterocycles. The molecule has 3 amide bonds. The fraction of sp³-hybridized carbons (Fsp3) is 0.364. The molecule has 2 fully saturated rings. The van der Waals surface area contributed by atoms with Gasteiger partial charge in [0.2, 0.25) is 17.7 Å². The normalized spacial score (nSPS) is 18.3. The van der Waals surface area contributed by atoms with E-state index in [0.29, 0.717) is 18.8 Å². The minimum absolute atomic E-state index is 0.0752. The molecule has 1 atom stereocenters. The fourth-order valence-electron chi connectivity index (χ4n) is 6.00. The predicted octanol–water partition coefficient (Wildman–Crippen LogP) is 3.37. The summed E-state index contributed by atoms with van der Waals surface area (Å²) in [4.78, 5) is 45.4. The van der Waals surface area contributed by atoms with Crippen LogP contribution >= 0.6 is 0 Å². The van der Waals surface area contributed by atoms with Crippen LogP contribution in [-0.4, -0.2) is 84.3 Å². The minimum Gasteiger partial charge on any atom is -0.353 e. The number of benzene rings is 3. The van der Waals surface area contributed by atoms with Gasteiger partial charge in [-0.25, -0.2) is 0 Å². The Balaban J connectivity index is 1.20. The van der Waals surface area contributed by atoms with Gasteiger partial charge in [-0.15, -0.1) is 0 Å². The Morgan fingerprint density at radius 1 is 0.854 bits per heavy atom. The van der Waals surface area contributed by atoms with E-state index in [2.05, 4.69) is 69.0 Å². The fourth-order valence-corrected chi connectivity index (χ4v) is 6.00. The zero-order valence-electron chi connectivity index (χ0n) is 23.9. The van der Waals surface area contributed by atoms with E-state index in [1.807, 2.05) is 44.2 Å². The van der Waals surface area contributed by atoms with E-state index in [9.17, 15) is 14.4 Å². The van der Waals surface area contributed by atoms with Crippen LogP contribution in [0.2, 0.25) is 0 Å². The molecule has 0 radical (unpaired) electrons. The van der Waals surface area contributed by atoms with Gasteiger partial charge in [-0.05, 0) is 48.2 Å². The maximum atomic E-state index is 13.5. The molecular weight excluding hydrogens is 514 g/mol. The number of hydrogen-bond donors (Lipinski definition) is 2. The number of aryl methyl sites for hydroxylation is 2. The van der Waals surface area contributed by atoms with Crippen molar-refractivity contribution in [3.8, 4) is 0 Å². The molecule has 3 aromatic rings. The van der Waals surface area contributed by atoms with Crippen LogP contribution in [0, 0.1) is 13.8 Å². The van der Waals surface area contributed by atoms with Crippen LogP contribution in [0.1, 0.15) is 34.7 Å². The first-order chi connectivity index (χ1) is 19.9. The lowest BCUT2D eigenvalue weighted by Gasteiger charge is -2.41. The van der Waals surface area contributed by atoms with Crippen LogP contribution < -0.4 is 10.6 Å². The second-order valence-corrected chi connectivity index (χ2v) is 11.1. The monoisotopic (exact) mass is 553 g/mol. The van der Waals surface area contributed by atoms with E-state index < -0.39 is 6.04 Å². The van der Waals surface area contributed by atoms with Crippen molar-refractivity contribution in [1.82, 2.24) is 20.0 Å². The summed E-state index contributed by atoms with van der Waals surface area (Å²) in [7, 11) is 0. The quantitative estimate of drug-likeness (QED) is 0.447. The van der Waals surface area contributed by atoms with E-state index in [0.717, 1.165) is 37.3 Å². The summed E-state index contributed by atoms with van der Waals surface area (Å²) >= 11 is 0. The Morgan fingerprint density at radius 2 is 1.44 bits per heavy atom. The van der Waals surface area contributed by atoms with E-state index >= 15 is 0 Å². The lowest BCUT2D eigenvalue weighted by atomic mass is 9.96. The minimum atomic E-state index is -0.816. The largest absolute Gasteiger partial charge is 0.353 e. The molecule has 0 saturated carbocycles. The predicted molar refractivity (Wildman–Crippen MR) is 160 cm³/mol. The first-order valence-electron chi connectivity index (χ1n) is 14.4. The molecule has 0 bridgehead atoms. The molecule has 5 rings (SSSR count). The van der Waals surface area contributed by atoms with Gasteiger partial charge in [0.25, 0.3) is 0 Å². The first kappa shape index (κ1) is 28.5. The number of carbonyl (C=O) groups is 3. The molecule has 2 heterocycles. The van der Waals surface area contributed by atoms with Crippen LogP contribution in [0.3, 0.4) is 0 Å². The van der Waals surface area contributed by atoms with Gasteiger partial charge in [0, 0.05) is 45.0 Å². The molecule has 0 aliphatic carbocycles. The highest BCUT2D eigenvalue weighted by Gasteiger charge is 2.36. The Labute approximate surface area is 242 Å². The molecule has 8 nitrogen and oxygen atoms in total. The summed E-state index contributed by atoms with van der Waals surface area (Å²) in [5.41, 5.74) is 5.30. The molecule has 1 unspecified atom stereocenters.